The van der Waals surface area contributed by atoms with E-state index in [1.807, 2.05) is 18.2 Å². The molecular formula is C65H39N5O. The smallest absolute Gasteiger partial charge is 0.234 e. The highest BCUT2D eigenvalue weighted by Gasteiger charge is 2.51. The standard InChI is InChI=1S/C65H39N5O/c1-2-19-43-41(16-1)38-69(57-29-12-6-23-47(43)57)64-67-62(66-63(68-64)40-32-33-50-49-25-8-14-31-60(49)71-61(50)35-40)39-17-15-18-42(34-39)70-58-30-13-7-24-48(58)52-36-56-51(37-59(52)70)46-22-5-11-28-55(46)65(56)53-26-9-3-20-44(53)45-21-4-10-27-54(45)65/h1-37H,38H2. The molecule has 2 aliphatic carbocycles. The number of anilines is 2. The maximum atomic E-state index is 6.41. The van der Waals surface area contributed by atoms with Gasteiger partial charge < -0.3 is 13.9 Å². The average molecular weight is 906 g/mol. The number of para-hydroxylation sites is 3. The molecule has 0 saturated heterocycles. The van der Waals surface area contributed by atoms with Crippen LogP contribution in [0.2, 0.25) is 0 Å². The molecule has 6 nitrogen and oxygen atoms in total. The van der Waals surface area contributed by atoms with Gasteiger partial charge in [0, 0.05) is 43.9 Å². The maximum absolute atomic E-state index is 6.41. The molecule has 0 amide bonds. The molecule has 0 saturated carbocycles. The molecule has 13 aromatic rings. The third-order valence-electron chi connectivity index (χ3n) is 15.5. The van der Waals surface area contributed by atoms with E-state index in [1.54, 1.807) is 0 Å². The molecule has 0 bridgehead atoms. The fourth-order valence-corrected chi connectivity index (χ4v) is 12.5. The molecule has 0 unspecified atom stereocenters. The van der Waals surface area contributed by atoms with E-state index in [0.717, 1.165) is 61.0 Å². The molecule has 6 heteroatoms. The van der Waals surface area contributed by atoms with Crippen molar-refractivity contribution in [3.05, 3.63) is 252 Å². The average Bonchev–Trinajstić information content (AvgIpc) is 4.16. The zero-order chi connectivity index (χ0) is 46.4. The van der Waals surface area contributed by atoms with Crippen molar-refractivity contribution in [2.75, 3.05) is 4.90 Å². The normalized spacial score (nSPS) is 13.7. The molecule has 0 atom stereocenters. The van der Waals surface area contributed by atoms with Crippen LogP contribution in [0.3, 0.4) is 0 Å². The fourth-order valence-electron chi connectivity index (χ4n) is 12.5. The molecule has 10 aromatic carbocycles. The zero-order valence-corrected chi connectivity index (χ0v) is 38.2. The summed E-state index contributed by atoms with van der Waals surface area (Å²) in [6.07, 6.45) is 0. The molecule has 0 N–H and O–H groups in total. The lowest BCUT2D eigenvalue weighted by Crippen LogP contribution is -2.25. The van der Waals surface area contributed by atoms with Crippen molar-refractivity contribution in [3.8, 4) is 61.8 Å². The Labute approximate surface area is 408 Å². The van der Waals surface area contributed by atoms with E-state index in [9.17, 15) is 0 Å². The minimum absolute atomic E-state index is 0.434. The second kappa shape index (κ2) is 14.3. The molecule has 3 aliphatic rings. The van der Waals surface area contributed by atoms with Crippen LogP contribution in [-0.4, -0.2) is 19.5 Å². The Kier molecular flexibility index (Phi) is 7.78. The SMILES string of the molecule is c1cc(-c2nc(-c3ccc4c(c3)oc3ccccc34)nc(N3Cc4ccccc4-c4ccccc43)n2)cc(-n2c3ccccc3c3cc4c(cc32)-c2ccccc2C42c3ccccc3-c3ccccc32)c1. The van der Waals surface area contributed by atoms with Crippen LogP contribution in [0, 0.1) is 0 Å². The third kappa shape index (κ3) is 5.28. The Balaban J connectivity index is 0.903. The number of hydrogen-bond acceptors (Lipinski definition) is 5. The number of aromatic nitrogens is 4. The summed E-state index contributed by atoms with van der Waals surface area (Å²) in [6.45, 7) is 0.617. The summed E-state index contributed by atoms with van der Waals surface area (Å²) in [7, 11) is 0. The topological polar surface area (TPSA) is 60.0 Å². The predicted molar refractivity (Wildman–Crippen MR) is 286 cm³/mol. The second-order valence-corrected chi connectivity index (χ2v) is 19.1. The third-order valence-corrected chi connectivity index (χ3v) is 15.5. The van der Waals surface area contributed by atoms with Crippen molar-refractivity contribution in [1.82, 2.24) is 19.5 Å². The van der Waals surface area contributed by atoms with Crippen LogP contribution in [0.15, 0.2) is 229 Å². The van der Waals surface area contributed by atoms with E-state index in [0.29, 0.717) is 24.1 Å². The molecule has 3 aromatic heterocycles. The lowest BCUT2D eigenvalue weighted by Gasteiger charge is -2.31. The van der Waals surface area contributed by atoms with Gasteiger partial charge in [-0.25, -0.2) is 4.98 Å². The zero-order valence-electron chi connectivity index (χ0n) is 38.2. The molecule has 4 heterocycles. The number of nitrogens with zero attached hydrogens (tertiary/aromatic N) is 5. The highest BCUT2D eigenvalue weighted by atomic mass is 16.3. The van der Waals surface area contributed by atoms with Gasteiger partial charge in [0.15, 0.2) is 11.6 Å². The summed E-state index contributed by atoms with van der Waals surface area (Å²) in [5.41, 5.74) is 21.4. The Morgan fingerprint density at radius 2 is 0.986 bits per heavy atom. The van der Waals surface area contributed by atoms with Crippen molar-refractivity contribution in [1.29, 1.82) is 0 Å². The van der Waals surface area contributed by atoms with Crippen LogP contribution >= 0.6 is 0 Å². The van der Waals surface area contributed by atoms with Gasteiger partial charge in [0.1, 0.15) is 11.2 Å². The van der Waals surface area contributed by atoms with Gasteiger partial charge in [-0.3, -0.25) is 0 Å². The van der Waals surface area contributed by atoms with Gasteiger partial charge in [-0.05, 0) is 110 Å². The summed E-state index contributed by atoms with van der Waals surface area (Å²) < 4.78 is 8.84. The maximum Gasteiger partial charge on any atom is 0.234 e. The number of rotatable bonds is 4. The molecular weight excluding hydrogens is 867 g/mol. The molecule has 1 spiro atoms. The van der Waals surface area contributed by atoms with Crippen LogP contribution in [0.1, 0.15) is 27.8 Å². The molecule has 0 radical (unpaired) electrons. The van der Waals surface area contributed by atoms with Crippen LogP contribution in [-0.2, 0) is 12.0 Å². The number of furan rings is 1. The quantitative estimate of drug-likeness (QED) is 0.176. The Hall–Kier alpha value is -9.39. The number of fused-ring (bicyclic) bond motifs is 19. The summed E-state index contributed by atoms with van der Waals surface area (Å²) in [4.78, 5) is 18.3. The van der Waals surface area contributed by atoms with E-state index < -0.39 is 5.41 Å². The van der Waals surface area contributed by atoms with Gasteiger partial charge in [-0.1, -0.05) is 170 Å². The Morgan fingerprint density at radius 1 is 0.380 bits per heavy atom. The molecule has 16 rings (SSSR count). The molecule has 0 fully saturated rings. The lowest BCUT2D eigenvalue weighted by atomic mass is 9.70. The van der Waals surface area contributed by atoms with Crippen LogP contribution in [0.5, 0.6) is 0 Å². The largest absolute Gasteiger partial charge is 0.456 e. The van der Waals surface area contributed by atoms with E-state index in [2.05, 4.69) is 216 Å². The van der Waals surface area contributed by atoms with Gasteiger partial charge in [-0.2, -0.15) is 9.97 Å². The minimum atomic E-state index is -0.434. The van der Waals surface area contributed by atoms with Crippen molar-refractivity contribution < 1.29 is 4.42 Å². The van der Waals surface area contributed by atoms with Crippen molar-refractivity contribution in [2.24, 2.45) is 0 Å². The van der Waals surface area contributed by atoms with Gasteiger partial charge in [0.25, 0.3) is 0 Å². The molecule has 1 aliphatic heterocycles. The van der Waals surface area contributed by atoms with Gasteiger partial charge in [0.2, 0.25) is 5.95 Å². The van der Waals surface area contributed by atoms with E-state index in [4.69, 9.17) is 19.4 Å². The molecule has 330 valence electrons. The lowest BCUT2D eigenvalue weighted by molar-refractivity contribution is 0.669. The fraction of sp³-hybridized carbons (Fsp3) is 0.0308. The predicted octanol–water partition coefficient (Wildman–Crippen LogP) is 15.9. The highest BCUT2D eigenvalue weighted by molar-refractivity contribution is 6.12. The minimum Gasteiger partial charge on any atom is -0.456 e. The van der Waals surface area contributed by atoms with E-state index >= 15 is 0 Å². The van der Waals surface area contributed by atoms with Gasteiger partial charge >= 0.3 is 0 Å². The van der Waals surface area contributed by atoms with Crippen molar-refractivity contribution in [2.45, 2.75) is 12.0 Å². The summed E-state index contributed by atoms with van der Waals surface area (Å²) >= 11 is 0. The number of hydrogen-bond donors (Lipinski definition) is 0. The first-order valence-corrected chi connectivity index (χ1v) is 24.3. The highest BCUT2D eigenvalue weighted by Crippen LogP contribution is 2.63. The van der Waals surface area contributed by atoms with Crippen LogP contribution in [0.4, 0.5) is 11.6 Å². The first-order chi connectivity index (χ1) is 35.2. The summed E-state index contributed by atoms with van der Waals surface area (Å²) in [5.74, 6) is 1.74. The van der Waals surface area contributed by atoms with E-state index in [1.165, 1.54) is 66.4 Å². The van der Waals surface area contributed by atoms with Gasteiger partial charge in [0.05, 0.1) is 28.7 Å². The van der Waals surface area contributed by atoms with Crippen LogP contribution < -0.4 is 4.90 Å². The summed E-state index contributed by atoms with van der Waals surface area (Å²) in [5, 5.41) is 4.56. The first-order valence-electron chi connectivity index (χ1n) is 24.3. The molecule has 71 heavy (non-hydrogen) atoms. The summed E-state index contributed by atoms with van der Waals surface area (Å²) in [6, 6.07) is 81.2. The van der Waals surface area contributed by atoms with E-state index in [-0.39, 0.29) is 0 Å². The van der Waals surface area contributed by atoms with Crippen molar-refractivity contribution in [3.63, 3.8) is 0 Å². The van der Waals surface area contributed by atoms with Crippen LogP contribution in [0.25, 0.3) is 106 Å². The second-order valence-electron chi connectivity index (χ2n) is 19.1. The number of benzene rings is 10. The Morgan fingerprint density at radius 3 is 1.76 bits per heavy atom. The van der Waals surface area contributed by atoms with Crippen molar-refractivity contribution >= 4 is 55.4 Å². The van der Waals surface area contributed by atoms with Gasteiger partial charge in [-0.15, -0.1) is 0 Å². The monoisotopic (exact) mass is 905 g/mol. The Bertz CT molecular complexity index is 4380. The first kappa shape index (κ1) is 38.6.